The molecule has 0 amide bonds. The number of aryl methyl sites for hydroxylation is 2. The van der Waals surface area contributed by atoms with E-state index in [4.69, 9.17) is 26.1 Å². The van der Waals surface area contributed by atoms with Crippen LogP contribution in [0.1, 0.15) is 73.6 Å². The van der Waals surface area contributed by atoms with Gasteiger partial charge in [-0.05, 0) is 77.3 Å². The van der Waals surface area contributed by atoms with Crippen molar-refractivity contribution < 1.29 is 19.1 Å². The Morgan fingerprint density at radius 1 is 1.16 bits per heavy atom. The lowest BCUT2D eigenvalue weighted by Crippen LogP contribution is -2.38. The van der Waals surface area contributed by atoms with Crippen LogP contribution in [0.4, 0.5) is 0 Å². The van der Waals surface area contributed by atoms with Crippen molar-refractivity contribution in [3.8, 4) is 5.69 Å². The van der Waals surface area contributed by atoms with Crippen molar-refractivity contribution in [2.24, 2.45) is 4.99 Å². The van der Waals surface area contributed by atoms with E-state index in [2.05, 4.69) is 14.5 Å². The quantitative estimate of drug-likeness (QED) is 0.385. The second-order valence-corrected chi connectivity index (χ2v) is 9.95. The normalized spacial score (nSPS) is 14.8. The third-order valence-corrected chi connectivity index (χ3v) is 6.93. The number of fused-ring (bicyclic) bond motifs is 3. The van der Waals surface area contributed by atoms with Crippen molar-refractivity contribution in [1.82, 2.24) is 14.5 Å². The summed E-state index contributed by atoms with van der Waals surface area (Å²) >= 11 is 6.71. The van der Waals surface area contributed by atoms with E-state index in [-0.39, 0.29) is 13.0 Å². The molecule has 1 aliphatic rings. The van der Waals surface area contributed by atoms with Gasteiger partial charge in [0.15, 0.2) is 0 Å². The number of aliphatic imine (C=N–C) groups is 1. The number of nitrogens with zero attached hydrogens (tertiary/aromatic N) is 4. The summed E-state index contributed by atoms with van der Waals surface area (Å²) < 4.78 is 12.6. The number of benzene rings is 1. The molecule has 0 aliphatic carbocycles. The van der Waals surface area contributed by atoms with Gasteiger partial charge in [-0.15, -0.1) is 0 Å². The van der Waals surface area contributed by atoms with Gasteiger partial charge in [0.25, 0.3) is 0 Å². The molecule has 8 nitrogen and oxygen atoms in total. The summed E-state index contributed by atoms with van der Waals surface area (Å²) in [4.78, 5) is 39.4. The molecule has 0 fully saturated rings. The molecule has 0 saturated carbocycles. The van der Waals surface area contributed by atoms with E-state index in [1.165, 1.54) is 13.8 Å². The van der Waals surface area contributed by atoms with Gasteiger partial charge in [-0.25, -0.2) is 9.78 Å². The first-order chi connectivity index (χ1) is 17.5. The monoisotopic (exact) mass is 522 g/mol. The minimum Gasteiger partial charge on any atom is -0.463 e. The average Bonchev–Trinajstić information content (AvgIpc) is 3.17. The Hall–Kier alpha value is -3.52. The van der Waals surface area contributed by atoms with Crippen molar-refractivity contribution in [2.45, 2.75) is 66.0 Å². The average molecular weight is 523 g/mol. The smallest absolute Gasteiger partial charge is 0.349 e. The molecule has 0 radical (unpaired) electrons. The van der Waals surface area contributed by atoms with Crippen LogP contribution in [0.3, 0.4) is 0 Å². The van der Waals surface area contributed by atoms with Crippen molar-refractivity contribution >= 4 is 29.3 Å². The molecule has 0 spiro atoms. The number of aromatic nitrogens is 3. The van der Waals surface area contributed by atoms with Crippen molar-refractivity contribution in [3.05, 3.63) is 75.6 Å². The van der Waals surface area contributed by atoms with Gasteiger partial charge in [-0.2, -0.15) is 0 Å². The van der Waals surface area contributed by atoms with Crippen LogP contribution < -0.4 is 0 Å². The van der Waals surface area contributed by atoms with Crippen LogP contribution in [-0.2, 0) is 19.1 Å². The van der Waals surface area contributed by atoms with Gasteiger partial charge in [-0.1, -0.05) is 17.7 Å². The number of carbonyl (C=O) groups is 2. The topological polar surface area (TPSA) is 95.7 Å². The largest absolute Gasteiger partial charge is 0.463 e. The maximum atomic E-state index is 12.8. The van der Waals surface area contributed by atoms with E-state index in [1.54, 1.807) is 19.3 Å². The number of esters is 2. The minimum atomic E-state index is -1.38. The summed E-state index contributed by atoms with van der Waals surface area (Å²) in [6.07, 6.45) is 3.88. The Morgan fingerprint density at radius 3 is 2.59 bits per heavy atom. The number of ether oxygens (including phenoxy) is 2. The highest BCUT2D eigenvalue weighted by Gasteiger charge is 2.35. The van der Waals surface area contributed by atoms with Gasteiger partial charge in [0.2, 0.25) is 5.60 Å². The number of hydrogen-bond acceptors (Lipinski definition) is 7. The second kappa shape index (κ2) is 10.5. The number of pyridine rings is 1. The van der Waals surface area contributed by atoms with Gasteiger partial charge >= 0.3 is 11.9 Å². The molecule has 4 rings (SSSR count). The van der Waals surface area contributed by atoms with E-state index < -0.39 is 23.6 Å². The van der Waals surface area contributed by atoms with E-state index in [0.717, 1.165) is 28.1 Å². The van der Waals surface area contributed by atoms with Crippen molar-refractivity contribution in [2.75, 3.05) is 6.61 Å². The van der Waals surface area contributed by atoms with Gasteiger partial charge < -0.3 is 9.47 Å². The minimum absolute atomic E-state index is 0.0352. The predicted octanol–water partition coefficient (Wildman–Crippen LogP) is 5.40. The van der Waals surface area contributed by atoms with E-state index in [1.807, 2.05) is 45.0 Å². The summed E-state index contributed by atoms with van der Waals surface area (Å²) in [6.45, 7) is 10.9. The molecule has 0 bridgehead atoms. The van der Waals surface area contributed by atoms with Gasteiger partial charge in [0.05, 0.1) is 23.7 Å². The fourth-order valence-electron chi connectivity index (χ4n) is 4.52. The molecule has 3 heterocycles. The van der Waals surface area contributed by atoms with E-state index >= 15 is 0 Å². The maximum absolute atomic E-state index is 12.8. The lowest BCUT2D eigenvalue weighted by molar-refractivity contribution is -0.178. The molecule has 1 aromatic carbocycles. The van der Waals surface area contributed by atoms with Crippen LogP contribution in [0.15, 0.2) is 41.7 Å². The Bertz CT molecular complexity index is 1380. The number of hydrogen-bond donors (Lipinski definition) is 0. The summed E-state index contributed by atoms with van der Waals surface area (Å²) in [5, 5.41) is 0.671. The highest BCUT2D eigenvalue weighted by atomic mass is 35.5. The molecule has 9 heteroatoms. The molecule has 0 N–H and O–H groups in total. The summed E-state index contributed by atoms with van der Waals surface area (Å²) in [7, 11) is 0. The molecule has 0 unspecified atom stereocenters. The van der Waals surface area contributed by atoms with Crippen LogP contribution in [-0.4, -0.2) is 44.4 Å². The Labute approximate surface area is 221 Å². The number of rotatable bonds is 7. The zero-order chi connectivity index (χ0) is 26.9. The highest BCUT2D eigenvalue weighted by Crippen LogP contribution is 2.38. The first kappa shape index (κ1) is 26.5. The Balaban J connectivity index is 1.77. The zero-order valence-electron chi connectivity index (χ0n) is 22.0. The Morgan fingerprint density at radius 2 is 1.92 bits per heavy atom. The maximum Gasteiger partial charge on any atom is 0.349 e. The fourth-order valence-corrected chi connectivity index (χ4v) is 4.67. The zero-order valence-corrected chi connectivity index (χ0v) is 22.7. The van der Waals surface area contributed by atoms with Crippen LogP contribution in [0, 0.1) is 20.8 Å². The molecule has 1 atom stereocenters. The third-order valence-electron chi connectivity index (χ3n) is 6.35. The molecule has 37 heavy (non-hydrogen) atoms. The highest BCUT2D eigenvalue weighted by molar-refractivity contribution is 6.33. The molecular weight excluding hydrogens is 492 g/mol. The van der Waals surface area contributed by atoms with Crippen LogP contribution in [0.25, 0.3) is 5.69 Å². The van der Waals surface area contributed by atoms with E-state index in [0.29, 0.717) is 28.7 Å². The van der Waals surface area contributed by atoms with Crippen molar-refractivity contribution in [1.29, 1.82) is 0 Å². The van der Waals surface area contributed by atoms with Gasteiger partial charge in [-0.3, -0.25) is 19.3 Å². The number of carbonyl (C=O) groups excluding carboxylic acids is 2. The van der Waals surface area contributed by atoms with Crippen LogP contribution >= 0.6 is 11.6 Å². The Kier molecular flexibility index (Phi) is 7.50. The summed E-state index contributed by atoms with van der Waals surface area (Å²) in [6, 6.07) is 7.25. The first-order valence-corrected chi connectivity index (χ1v) is 12.7. The van der Waals surface area contributed by atoms with E-state index in [9.17, 15) is 9.59 Å². The number of halogens is 1. The predicted molar refractivity (Wildman–Crippen MR) is 141 cm³/mol. The summed E-state index contributed by atoms with van der Waals surface area (Å²) in [5.74, 6) is -0.389. The summed E-state index contributed by atoms with van der Waals surface area (Å²) in [5.41, 5.74) is 4.59. The fraction of sp³-hybridized carbons (Fsp3) is 0.393. The van der Waals surface area contributed by atoms with Crippen molar-refractivity contribution in [3.63, 3.8) is 0 Å². The lowest BCUT2D eigenvalue weighted by atomic mass is 9.96. The molecule has 3 aromatic rings. The SMILES string of the molecule is CCOC(=O)C(C)(C)OC(=O)CC[C@@H]1N=C(c2ccccn2)c2c(cc(C)c(Cl)c2C)-n2c(C)cnc21. The lowest BCUT2D eigenvalue weighted by Gasteiger charge is -2.23. The second-order valence-electron chi connectivity index (χ2n) is 9.57. The molecule has 0 saturated heterocycles. The number of imidazole rings is 1. The molecule has 194 valence electrons. The molecule has 2 aromatic heterocycles. The molecular formula is C28H31ClN4O4. The van der Waals surface area contributed by atoms with Crippen LogP contribution in [0.2, 0.25) is 5.02 Å². The standard InChI is InChI=1S/C28H31ClN4O4/c1-7-36-27(35)28(5,6)37-22(34)12-11-20-26-31-15-17(3)33(26)21-14-16(2)24(29)18(4)23(21)25(32-20)19-10-8-9-13-30-19/h8-10,13-15,20H,7,11-12H2,1-6H3/t20-/m0/s1. The van der Waals surface area contributed by atoms with Gasteiger partial charge in [0.1, 0.15) is 11.9 Å². The third kappa shape index (κ3) is 5.16. The van der Waals surface area contributed by atoms with Crippen LogP contribution in [0.5, 0.6) is 0 Å². The van der Waals surface area contributed by atoms with Gasteiger partial charge in [0, 0.05) is 35.1 Å². The molecule has 1 aliphatic heterocycles. The first-order valence-electron chi connectivity index (χ1n) is 12.3.